The molecule has 0 radical (unpaired) electrons. The summed E-state index contributed by atoms with van der Waals surface area (Å²) in [4.78, 5) is 13.2. The van der Waals surface area contributed by atoms with Crippen molar-refractivity contribution in [3.8, 4) is 0 Å². The summed E-state index contributed by atoms with van der Waals surface area (Å²) in [7, 11) is 0. The molecule has 0 bridgehead atoms. The van der Waals surface area contributed by atoms with Crippen LogP contribution in [0.15, 0.2) is 42.6 Å². The SMILES string of the molecule is CC(C)(O)/C=C/N1C(=O)OCC1c1ccccc1. The highest BCUT2D eigenvalue weighted by atomic mass is 16.6. The molecular formula is C14H17NO3. The molecule has 96 valence electrons. The Labute approximate surface area is 106 Å². The number of aliphatic hydroxyl groups is 1. The van der Waals surface area contributed by atoms with Gasteiger partial charge in [0.15, 0.2) is 0 Å². The standard InChI is InChI=1S/C14H17NO3/c1-14(2,17)8-9-15-12(10-18-13(15)16)11-6-4-3-5-7-11/h3-9,12,17H,10H2,1-2H3/b9-8+. The minimum absolute atomic E-state index is 0.128. The number of cyclic esters (lactones) is 1. The fourth-order valence-corrected chi connectivity index (χ4v) is 1.79. The van der Waals surface area contributed by atoms with Crippen LogP contribution in [0.5, 0.6) is 0 Å². The van der Waals surface area contributed by atoms with E-state index in [1.807, 2.05) is 30.3 Å². The predicted molar refractivity (Wildman–Crippen MR) is 67.8 cm³/mol. The van der Waals surface area contributed by atoms with Gasteiger partial charge in [-0.15, -0.1) is 0 Å². The van der Waals surface area contributed by atoms with Crippen molar-refractivity contribution in [1.29, 1.82) is 0 Å². The Kier molecular flexibility index (Phi) is 3.39. The van der Waals surface area contributed by atoms with Gasteiger partial charge in [0.2, 0.25) is 0 Å². The molecule has 0 aromatic heterocycles. The van der Waals surface area contributed by atoms with Gasteiger partial charge in [-0.25, -0.2) is 4.79 Å². The molecule has 1 atom stereocenters. The summed E-state index contributed by atoms with van der Waals surface area (Å²) in [6, 6.07) is 9.57. The molecule has 1 fully saturated rings. The van der Waals surface area contributed by atoms with Crippen LogP contribution in [0.25, 0.3) is 0 Å². The van der Waals surface area contributed by atoms with Crippen molar-refractivity contribution in [2.24, 2.45) is 0 Å². The van der Waals surface area contributed by atoms with Crippen molar-refractivity contribution in [2.75, 3.05) is 6.61 Å². The van der Waals surface area contributed by atoms with Crippen LogP contribution in [-0.2, 0) is 4.74 Å². The maximum absolute atomic E-state index is 11.6. The minimum Gasteiger partial charge on any atom is -0.447 e. The normalized spacial score (nSPS) is 20.5. The third-order valence-corrected chi connectivity index (χ3v) is 2.74. The second-order valence-corrected chi connectivity index (χ2v) is 4.88. The molecule has 0 aliphatic carbocycles. The summed E-state index contributed by atoms with van der Waals surface area (Å²) in [6.07, 6.45) is 2.78. The third-order valence-electron chi connectivity index (χ3n) is 2.74. The molecule has 1 amide bonds. The molecule has 1 aromatic rings. The number of carbonyl (C=O) groups excluding carboxylic acids is 1. The zero-order valence-corrected chi connectivity index (χ0v) is 10.5. The van der Waals surface area contributed by atoms with Crippen LogP contribution in [-0.4, -0.2) is 28.3 Å². The zero-order chi connectivity index (χ0) is 13.2. The van der Waals surface area contributed by atoms with Crippen molar-refractivity contribution in [1.82, 2.24) is 4.90 Å². The van der Waals surface area contributed by atoms with Crippen LogP contribution in [0.1, 0.15) is 25.5 Å². The van der Waals surface area contributed by atoms with Crippen LogP contribution in [0, 0.1) is 0 Å². The molecule has 4 heteroatoms. The van der Waals surface area contributed by atoms with E-state index in [0.717, 1.165) is 5.56 Å². The quantitative estimate of drug-likeness (QED) is 0.892. The van der Waals surface area contributed by atoms with E-state index in [9.17, 15) is 9.90 Å². The van der Waals surface area contributed by atoms with E-state index in [1.165, 1.54) is 4.90 Å². The van der Waals surface area contributed by atoms with Crippen LogP contribution < -0.4 is 0 Å². The van der Waals surface area contributed by atoms with E-state index < -0.39 is 5.60 Å². The van der Waals surface area contributed by atoms with E-state index >= 15 is 0 Å². The summed E-state index contributed by atoms with van der Waals surface area (Å²) >= 11 is 0. The van der Waals surface area contributed by atoms with E-state index in [4.69, 9.17) is 4.74 Å². The maximum atomic E-state index is 11.6. The number of rotatable bonds is 3. The molecule has 1 aliphatic heterocycles. The van der Waals surface area contributed by atoms with Gasteiger partial charge in [0.1, 0.15) is 6.61 Å². The lowest BCUT2D eigenvalue weighted by molar-refractivity contribution is 0.131. The van der Waals surface area contributed by atoms with Crippen LogP contribution in [0.2, 0.25) is 0 Å². The Bertz CT molecular complexity index is 448. The maximum Gasteiger partial charge on any atom is 0.414 e. The van der Waals surface area contributed by atoms with E-state index in [-0.39, 0.29) is 12.1 Å². The number of carbonyl (C=O) groups is 1. The number of benzene rings is 1. The van der Waals surface area contributed by atoms with Gasteiger partial charge in [-0.3, -0.25) is 4.90 Å². The lowest BCUT2D eigenvalue weighted by Gasteiger charge is -2.19. The van der Waals surface area contributed by atoms with Crippen molar-refractivity contribution >= 4 is 6.09 Å². The Balaban J connectivity index is 2.21. The highest BCUT2D eigenvalue weighted by molar-refractivity contribution is 5.71. The Morgan fingerprint density at radius 2 is 2.06 bits per heavy atom. The summed E-state index contributed by atoms with van der Waals surface area (Å²) in [6.45, 7) is 3.64. The molecular weight excluding hydrogens is 230 g/mol. The van der Waals surface area contributed by atoms with E-state index in [1.54, 1.807) is 26.1 Å². The van der Waals surface area contributed by atoms with Gasteiger partial charge < -0.3 is 9.84 Å². The first-order valence-electron chi connectivity index (χ1n) is 5.89. The first kappa shape index (κ1) is 12.6. The number of nitrogens with zero attached hydrogens (tertiary/aromatic N) is 1. The van der Waals surface area contributed by atoms with Crippen LogP contribution in [0.4, 0.5) is 4.79 Å². The molecule has 1 N–H and O–H groups in total. The van der Waals surface area contributed by atoms with Gasteiger partial charge in [-0.05, 0) is 25.5 Å². The van der Waals surface area contributed by atoms with E-state index in [2.05, 4.69) is 0 Å². The molecule has 18 heavy (non-hydrogen) atoms. The highest BCUT2D eigenvalue weighted by Gasteiger charge is 2.32. The number of ether oxygens (including phenoxy) is 1. The van der Waals surface area contributed by atoms with Gasteiger partial charge in [-0.1, -0.05) is 30.3 Å². The molecule has 4 nitrogen and oxygen atoms in total. The van der Waals surface area contributed by atoms with Gasteiger partial charge in [-0.2, -0.15) is 0 Å². The molecule has 1 aromatic carbocycles. The summed E-state index contributed by atoms with van der Waals surface area (Å²) in [5, 5.41) is 9.66. The second-order valence-electron chi connectivity index (χ2n) is 4.88. The third kappa shape index (κ3) is 2.90. The Hall–Kier alpha value is -1.81. The number of hydrogen-bond acceptors (Lipinski definition) is 3. The first-order valence-corrected chi connectivity index (χ1v) is 5.89. The topological polar surface area (TPSA) is 49.8 Å². The second kappa shape index (κ2) is 4.82. The largest absolute Gasteiger partial charge is 0.447 e. The summed E-state index contributed by atoms with van der Waals surface area (Å²) < 4.78 is 5.05. The summed E-state index contributed by atoms with van der Waals surface area (Å²) in [5.41, 5.74) is 0.0631. The fraction of sp³-hybridized carbons (Fsp3) is 0.357. The van der Waals surface area contributed by atoms with Crippen molar-refractivity contribution in [3.05, 3.63) is 48.2 Å². The molecule has 2 rings (SSSR count). The lowest BCUT2D eigenvalue weighted by atomic mass is 10.1. The zero-order valence-electron chi connectivity index (χ0n) is 10.5. The number of amides is 1. The highest BCUT2D eigenvalue weighted by Crippen LogP contribution is 2.28. The van der Waals surface area contributed by atoms with Crippen molar-refractivity contribution < 1.29 is 14.6 Å². The molecule has 0 spiro atoms. The Morgan fingerprint density at radius 1 is 1.39 bits per heavy atom. The molecule has 0 saturated carbocycles. The van der Waals surface area contributed by atoms with Gasteiger partial charge in [0.05, 0.1) is 11.6 Å². The minimum atomic E-state index is -0.954. The van der Waals surface area contributed by atoms with Gasteiger partial charge in [0, 0.05) is 6.20 Å². The average molecular weight is 247 g/mol. The van der Waals surface area contributed by atoms with Gasteiger partial charge >= 0.3 is 6.09 Å². The van der Waals surface area contributed by atoms with Crippen LogP contribution in [0.3, 0.4) is 0 Å². The predicted octanol–water partition coefficient (Wildman–Crippen LogP) is 2.46. The first-order chi connectivity index (χ1) is 8.47. The van der Waals surface area contributed by atoms with Crippen molar-refractivity contribution in [3.63, 3.8) is 0 Å². The molecule has 1 aliphatic rings. The smallest absolute Gasteiger partial charge is 0.414 e. The van der Waals surface area contributed by atoms with Crippen molar-refractivity contribution in [2.45, 2.75) is 25.5 Å². The lowest BCUT2D eigenvalue weighted by Crippen LogP contribution is -2.24. The Morgan fingerprint density at radius 3 is 2.67 bits per heavy atom. The monoisotopic (exact) mass is 247 g/mol. The molecule has 1 unspecified atom stereocenters. The number of hydrogen-bond donors (Lipinski definition) is 1. The fourth-order valence-electron chi connectivity index (χ4n) is 1.79. The van der Waals surface area contributed by atoms with Crippen LogP contribution >= 0.6 is 0 Å². The molecule has 1 heterocycles. The van der Waals surface area contributed by atoms with Gasteiger partial charge in [0.25, 0.3) is 0 Å². The average Bonchev–Trinajstić information content (AvgIpc) is 2.68. The molecule has 1 saturated heterocycles. The van der Waals surface area contributed by atoms with E-state index in [0.29, 0.717) is 6.61 Å². The summed E-state index contributed by atoms with van der Waals surface area (Å²) in [5.74, 6) is 0.